The molecular weight excluding hydrogens is 270 g/mol. The van der Waals surface area contributed by atoms with Crippen LogP contribution < -0.4 is 16.6 Å². The highest BCUT2D eigenvalue weighted by Crippen LogP contribution is 2.24. The van der Waals surface area contributed by atoms with Crippen LogP contribution in [0.4, 0.5) is 0 Å². The van der Waals surface area contributed by atoms with Crippen molar-refractivity contribution in [1.29, 1.82) is 0 Å². The van der Waals surface area contributed by atoms with Crippen LogP contribution in [0.25, 0.3) is 11.2 Å². The minimum Gasteiger partial charge on any atom is -0.319 e. The zero-order valence-electron chi connectivity index (χ0n) is 12.7. The molecule has 0 aromatic carbocycles. The van der Waals surface area contributed by atoms with Gasteiger partial charge in [0.2, 0.25) is 0 Å². The van der Waals surface area contributed by atoms with Crippen molar-refractivity contribution in [2.24, 2.45) is 7.05 Å². The molecule has 1 aliphatic heterocycles. The van der Waals surface area contributed by atoms with Crippen molar-refractivity contribution in [3.8, 4) is 0 Å². The average Bonchev–Trinajstić information content (AvgIpc) is 2.84. The summed E-state index contributed by atoms with van der Waals surface area (Å²) in [6.07, 6.45) is 1.95. The molecule has 0 bridgehead atoms. The Kier molecular flexibility index (Phi) is 3.44. The molecule has 0 radical (unpaired) electrons. The lowest BCUT2D eigenvalue weighted by Crippen LogP contribution is -2.39. The Hall–Kier alpha value is -1.89. The fraction of sp³-hybridized carbons (Fsp3) is 0.643. The molecule has 0 aliphatic carbocycles. The fourth-order valence-corrected chi connectivity index (χ4v) is 3.24. The molecule has 0 amide bonds. The Bertz CT molecular complexity index is 792. The van der Waals surface area contributed by atoms with E-state index in [1.54, 1.807) is 7.05 Å². The van der Waals surface area contributed by atoms with Gasteiger partial charge in [0.05, 0.1) is 0 Å². The minimum absolute atomic E-state index is 0.227. The molecule has 0 spiro atoms. The molecule has 1 saturated heterocycles. The predicted octanol–water partition coefficient (Wildman–Crippen LogP) is 0.150. The van der Waals surface area contributed by atoms with E-state index in [9.17, 15) is 9.59 Å². The molecule has 1 aliphatic rings. The van der Waals surface area contributed by atoms with Crippen LogP contribution in [0.2, 0.25) is 0 Å². The highest BCUT2D eigenvalue weighted by molar-refractivity contribution is 5.71. The number of aromatic nitrogens is 4. The highest BCUT2D eigenvalue weighted by Gasteiger charge is 2.24. The molecule has 0 unspecified atom stereocenters. The Labute approximate surface area is 122 Å². The topological polar surface area (TPSA) is 73.8 Å². The van der Waals surface area contributed by atoms with Gasteiger partial charge in [-0.3, -0.25) is 13.9 Å². The molecule has 7 nitrogen and oxygen atoms in total. The van der Waals surface area contributed by atoms with E-state index < -0.39 is 0 Å². The first-order valence-electron chi connectivity index (χ1n) is 7.45. The third kappa shape index (κ3) is 2.03. The number of hydrogen-bond donors (Lipinski definition) is 1. The van der Waals surface area contributed by atoms with Crippen molar-refractivity contribution in [3.05, 3.63) is 26.7 Å². The van der Waals surface area contributed by atoms with Gasteiger partial charge in [-0.05, 0) is 39.8 Å². The second-order valence-electron chi connectivity index (χ2n) is 5.57. The Morgan fingerprint density at radius 3 is 2.57 bits per heavy atom. The molecule has 0 atom stereocenters. The second-order valence-corrected chi connectivity index (χ2v) is 5.57. The van der Waals surface area contributed by atoms with Gasteiger partial charge < -0.3 is 9.88 Å². The van der Waals surface area contributed by atoms with Crippen molar-refractivity contribution in [3.63, 3.8) is 0 Å². The monoisotopic (exact) mass is 291 g/mol. The number of aryl methyl sites for hydroxylation is 2. The Morgan fingerprint density at radius 1 is 1.29 bits per heavy atom. The smallest absolute Gasteiger partial charge is 0.319 e. The number of piperidine rings is 1. The summed E-state index contributed by atoms with van der Waals surface area (Å²) in [4.78, 5) is 29.4. The van der Waals surface area contributed by atoms with Crippen LogP contribution in [0.3, 0.4) is 0 Å². The number of nitrogens with zero attached hydrogens (tertiary/aromatic N) is 4. The van der Waals surface area contributed by atoms with E-state index in [2.05, 4.69) is 10.3 Å². The van der Waals surface area contributed by atoms with E-state index in [1.807, 2.05) is 18.4 Å². The fourth-order valence-electron chi connectivity index (χ4n) is 3.24. The summed E-state index contributed by atoms with van der Waals surface area (Å²) in [7, 11) is 1.68. The molecule has 114 valence electrons. The largest absolute Gasteiger partial charge is 0.332 e. The molecule has 3 rings (SSSR count). The summed E-state index contributed by atoms with van der Waals surface area (Å²) in [5.41, 5.74) is 0.522. The normalized spacial score (nSPS) is 16.7. The quantitative estimate of drug-likeness (QED) is 0.855. The molecule has 2 aromatic rings. The zero-order chi connectivity index (χ0) is 15.1. The molecule has 3 heterocycles. The van der Waals surface area contributed by atoms with Gasteiger partial charge in [-0.15, -0.1) is 0 Å². The van der Waals surface area contributed by atoms with Crippen LogP contribution in [0.15, 0.2) is 9.59 Å². The van der Waals surface area contributed by atoms with Crippen molar-refractivity contribution in [1.82, 2.24) is 24.0 Å². The van der Waals surface area contributed by atoms with Gasteiger partial charge in [-0.2, -0.15) is 0 Å². The van der Waals surface area contributed by atoms with Crippen LogP contribution in [-0.2, 0) is 13.6 Å². The average molecular weight is 291 g/mol. The first kappa shape index (κ1) is 14.1. The number of nitrogens with one attached hydrogen (secondary N) is 1. The van der Waals surface area contributed by atoms with Crippen molar-refractivity contribution in [2.75, 3.05) is 13.1 Å². The summed E-state index contributed by atoms with van der Waals surface area (Å²) in [6.45, 7) is 5.97. The summed E-state index contributed by atoms with van der Waals surface area (Å²) < 4.78 is 4.79. The van der Waals surface area contributed by atoms with Gasteiger partial charge in [0.25, 0.3) is 5.56 Å². The van der Waals surface area contributed by atoms with E-state index in [0.717, 1.165) is 31.8 Å². The molecule has 0 saturated carbocycles. The first-order chi connectivity index (χ1) is 10.1. The predicted molar refractivity (Wildman–Crippen MR) is 80.8 cm³/mol. The van der Waals surface area contributed by atoms with Gasteiger partial charge in [0, 0.05) is 19.6 Å². The van der Waals surface area contributed by atoms with Crippen LogP contribution in [0, 0.1) is 6.92 Å². The number of hydrogen-bond acceptors (Lipinski definition) is 4. The number of fused-ring (bicyclic) bond motifs is 1. The summed E-state index contributed by atoms with van der Waals surface area (Å²) in [5, 5.41) is 3.33. The Balaban J connectivity index is 2.35. The lowest BCUT2D eigenvalue weighted by molar-refractivity contribution is 0.369. The van der Waals surface area contributed by atoms with Gasteiger partial charge >= 0.3 is 5.69 Å². The van der Waals surface area contributed by atoms with Crippen LogP contribution in [-0.4, -0.2) is 31.8 Å². The maximum atomic E-state index is 12.7. The molecule has 7 heteroatoms. The van der Waals surface area contributed by atoms with Gasteiger partial charge in [0.15, 0.2) is 11.2 Å². The van der Waals surface area contributed by atoms with Gasteiger partial charge in [-0.25, -0.2) is 9.78 Å². The standard InChI is InChI=1S/C14H21N5O2/c1-4-18-13(20)11-12(17(3)14(18)21)16-9(2)19(11)10-5-7-15-8-6-10/h10,15H,4-8H2,1-3H3. The Morgan fingerprint density at radius 2 is 1.95 bits per heavy atom. The van der Waals surface area contributed by atoms with Gasteiger partial charge in [-0.1, -0.05) is 0 Å². The number of imidazole rings is 1. The maximum absolute atomic E-state index is 12.7. The third-order valence-electron chi connectivity index (χ3n) is 4.34. The summed E-state index contributed by atoms with van der Waals surface area (Å²) in [6, 6.07) is 0.270. The molecule has 21 heavy (non-hydrogen) atoms. The second kappa shape index (κ2) is 5.14. The number of rotatable bonds is 2. The minimum atomic E-state index is -0.301. The highest BCUT2D eigenvalue weighted by atomic mass is 16.2. The lowest BCUT2D eigenvalue weighted by Gasteiger charge is -2.25. The first-order valence-corrected chi connectivity index (χ1v) is 7.45. The van der Waals surface area contributed by atoms with E-state index in [4.69, 9.17) is 0 Å². The van der Waals surface area contributed by atoms with Gasteiger partial charge in [0.1, 0.15) is 5.82 Å². The molecule has 1 fully saturated rings. The van der Waals surface area contributed by atoms with E-state index >= 15 is 0 Å². The molecule has 1 N–H and O–H groups in total. The zero-order valence-corrected chi connectivity index (χ0v) is 12.7. The van der Waals surface area contributed by atoms with Crippen LogP contribution in [0.5, 0.6) is 0 Å². The van der Waals surface area contributed by atoms with E-state index in [0.29, 0.717) is 17.7 Å². The van der Waals surface area contributed by atoms with Crippen molar-refractivity contribution >= 4 is 11.2 Å². The van der Waals surface area contributed by atoms with E-state index in [1.165, 1.54) is 9.13 Å². The maximum Gasteiger partial charge on any atom is 0.332 e. The third-order valence-corrected chi connectivity index (χ3v) is 4.34. The van der Waals surface area contributed by atoms with Crippen LogP contribution in [0.1, 0.15) is 31.6 Å². The summed E-state index contributed by atoms with van der Waals surface area (Å²) in [5.74, 6) is 0.804. The summed E-state index contributed by atoms with van der Waals surface area (Å²) >= 11 is 0. The molecule has 2 aromatic heterocycles. The van der Waals surface area contributed by atoms with E-state index in [-0.39, 0.29) is 17.3 Å². The lowest BCUT2D eigenvalue weighted by atomic mass is 10.1. The van der Waals surface area contributed by atoms with Crippen molar-refractivity contribution < 1.29 is 0 Å². The van der Waals surface area contributed by atoms with Crippen molar-refractivity contribution in [2.45, 2.75) is 39.3 Å². The molecular formula is C14H21N5O2. The van der Waals surface area contributed by atoms with Crippen LogP contribution >= 0.6 is 0 Å². The SMILES string of the molecule is CCn1c(=O)c2c(nc(C)n2C2CCNCC2)n(C)c1=O.